The lowest BCUT2D eigenvalue weighted by molar-refractivity contribution is 0.600. The van der Waals surface area contributed by atoms with Crippen LogP contribution in [0.4, 0.5) is 10.1 Å². The van der Waals surface area contributed by atoms with E-state index in [1.54, 1.807) is 19.2 Å². The predicted octanol–water partition coefficient (Wildman–Crippen LogP) is 2.18. The van der Waals surface area contributed by atoms with Crippen LogP contribution in [0.2, 0.25) is 0 Å². The number of anilines is 1. The third kappa shape index (κ3) is 2.85. The summed E-state index contributed by atoms with van der Waals surface area (Å²) in [6, 6.07) is 4.44. The summed E-state index contributed by atoms with van der Waals surface area (Å²) in [5.74, 6) is -0.533. The first-order valence-corrected chi connectivity index (χ1v) is 7.20. The van der Waals surface area contributed by atoms with Gasteiger partial charge in [-0.3, -0.25) is 0 Å². The van der Waals surface area contributed by atoms with Gasteiger partial charge in [-0.15, -0.1) is 0 Å². The molecule has 0 radical (unpaired) electrons. The average Bonchev–Trinajstić information content (AvgIpc) is 2.07. The highest BCUT2D eigenvalue weighted by atomic mass is 32.3. The second-order valence-corrected chi connectivity index (χ2v) is 5.92. The Balaban J connectivity index is 3.25. The van der Waals surface area contributed by atoms with Crippen LogP contribution in [0.5, 0.6) is 0 Å². The Morgan fingerprint density at radius 3 is 2.40 bits per heavy atom. The van der Waals surface area contributed by atoms with Gasteiger partial charge >= 0.3 is 0 Å². The van der Waals surface area contributed by atoms with Crippen molar-refractivity contribution in [2.24, 2.45) is 0 Å². The molecule has 1 aromatic rings. The van der Waals surface area contributed by atoms with E-state index in [9.17, 15) is 12.8 Å². The van der Waals surface area contributed by atoms with Crippen LogP contribution in [0.15, 0.2) is 18.2 Å². The lowest BCUT2D eigenvalue weighted by atomic mass is 10.2. The molecule has 0 aliphatic rings. The molecule has 0 aliphatic heterocycles. The fraction of sp³-hybridized carbons (Fsp3) is 0.333. The van der Waals surface area contributed by atoms with E-state index in [0.29, 0.717) is 0 Å². The van der Waals surface area contributed by atoms with E-state index >= 15 is 0 Å². The van der Waals surface area contributed by atoms with E-state index < -0.39 is 15.8 Å². The molecule has 6 heteroatoms. The van der Waals surface area contributed by atoms with Crippen molar-refractivity contribution in [3.8, 4) is 0 Å². The number of nitrogens with zero attached hydrogens (tertiary/aromatic N) is 1. The maximum absolute atomic E-state index is 13.5. The number of rotatable bonds is 3. The highest BCUT2D eigenvalue weighted by Gasteiger charge is 2.19. The Kier molecular flexibility index (Phi) is 3.62. The van der Waals surface area contributed by atoms with Crippen LogP contribution in [0.25, 0.3) is 0 Å². The first kappa shape index (κ1) is 12.3. The number of hydrogen-bond acceptors (Lipinski definition) is 3. The highest BCUT2D eigenvalue weighted by Crippen LogP contribution is 2.27. The molecule has 0 amide bonds. The van der Waals surface area contributed by atoms with Crippen LogP contribution in [0.3, 0.4) is 0 Å². The molecule has 0 saturated heterocycles. The summed E-state index contributed by atoms with van der Waals surface area (Å²) in [5, 5.41) is 0. The summed E-state index contributed by atoms with van der Waals surface area (Å²) in [5.41, 5.74) is 0.821. The lowest BCUT2D eigenvalue weighted by Crippen LogP contribution is -2.22. The number of sulfonamides is 1. The maximum Gasteiger partial charge on any atom is 0.241 e. The van der Waals surface area contributed by atoms with Crippen molar-refractivity contribution in [1.29, 1.82) is 0 Å². The van der Waals surface area contributed by atoms with E-state index in [0.717, 1.165) is 27.5 Å². The van der Waals surface area contributed by atoms with Crippen molar-refractivity contribution >= 4 is 27.7 Å². The minimum atomic E-state index is -3.45. The maximum atomic E-state index is 13.5. The summed E-state index contributed by atoms with van der Waals surface area (Å²) >= 11 is 0.955. The van der Waals surface area contributed by atoms with Crippen molar-refractivity contribution in [1.82, 2.24) is 0 Å². The van der Waals surface area contributed by atoms with Crippen LogP contribution >= 0.6 is 11.9 Å². The zero-order chi connectivity index (χ0) is 11.6. The number of halogens is 1. The molecule has 0 bridgehead atoms. The molecule has 0 atom stereocenters. The molecule has 0 unspecified atom stereocenters. The van der Waals surface area contributed by atoms with E-state index in [2.05, 4.69) is 0 Å². The number of benzene rings is 1. The Hall–Kier alpha value is -0.750. The van der Waals surface area contributed by atoms with Gasteiger partial charge in [-0.2, -0.15) is 0 Å². The zero-order valence-electron chi connectivity index (χ0n) is 8.69. The third-order valence-electron chi connectivity index (χ3n) is 1.77. The molecule has 0 fully saturated rings. The molecule has 1 aromatic carbocycles. The Labute approximate surface area is 93.5 Å². The fourth-order valence-electron chi connectivity index (χ4n) is 1.17. The first-order valence-electron chi connectivity index (χ1n) is 4.17. The summed E-state index contributed by atoms with van der Waals surface area (Å²) in [6.45, 7) is 1.75. The second-order valence-electron chi connectivity index (χ2n) is 3.13. The van der Waals surface area contributed by atoms with Crippen LogP contribution in [-0.2, 0) is 10.0 Å². The monoisotopic (exact) mass is 249 g/mol. The van der Waals surface area contributed by atoms with Crippen molar-refractivity contribution in [3.05, 3.63) is 29.6 Å². The van der Waals surface area contributed by atoms with Gasteiger partial charge in [-0.1, -0.05) is 6.07 Å². The second kappa shape index (κ2) is 4.40. The third-order valence-corrected chi connectivity index (χ3v) is 4.35. The molecule has 0 N–H and O–H groups in total. The van der Waals surface area contributed by atoms with Gasteiger partial charge in [0.25, 0.3) is 0 Å². The van der Waals surface area contributed by atoms with Crippen LogP contribution < -0.4 is 3.71 Å². The molecule has 0 aromatic heterocycles. The molecular weight excluding hydrogens is 237 g/mol. The van der Waals surface area contributed by atoms with Gasteiger partial charge in [-0.05, 0) is 36.6 Å². The van der Waals surface area contributed by atoms with Gasteiger partial charge in [-0.25, -0.2) is 16.5 Å². The lowest BCUT2D eigenvalue weighted by Gasteiger charge is -2.19. The van der Waals surface area contributed by atoms with Gasteiger partial charge in [0.05, 0.1) is 11.9 Å². The molecule has 0 heterocycles. The summed E-state index contributed by atoms with van der Waals surface area (Å²) < 4.78 is 37.1. The minimum Gasteiger partial charge on any atom is -0.209 e. The van der Waals surface area contributed by atoms with Gasteiger partial charge in [0.15, 0.2) is 0 Å². The van der Waals surface area contributed by atoms with Gasteiger partial charge in [0.1, 0.15) is 5.82 Å². The van der Waals surface area contributed by atoms with E-state index in [1.165, 1.54) is 12.1 Å². The Morgan fingerprint density at radius 1 is 1.40 bits per heavy atom. The van der Waals surface area contributed by atoms with Gasteiger partial charge < -0.3 is 0 Å². The van der Waals surface area contributed by atoms with E-state index in [-0.39, 0.29) is 5.69 Å². The highest BCUT2D eigenvalue weighted by molar-refractivity contribution is 8.14. The minimum absolute atomic E-state index is 0.0654. The SMILES string of the molecule is CSN(c1ccc(C)cc1F)S(C)(=O)=O. The molecule has 0 saturated carbocycles. The number of hydrogen-bond donors (Lipinski definition) is 0. The fourth-order valence-corrected chi connectivity index (χ4v) is 3.11. The van der Waals surface area contributed by atoms with E-state index in [4.69, 9.17) is 0 Å². The average molecular weight is 249 g/mol. The molecule has 1 rings (SSSR count). The van der Waals surface area contributed by atoms with Gasteiger partial charge in [0, 0.05) is 6.26 Å². The summed E-state index contributed by atoms with van der Waals surface area (Å²) in [7, 11) is -3.45. The standard InChI is InChI=1S/C9H12FNO2S2/c1-7-4-5-9(8(10)6-7)11(14-2)15(3,12)13/h4-6H,1-3H3. The molecule has 15 heavy (non-hydrogen) atoms. The van der Waals surface area contributed by atoms with Crippen LogP contribution in [-0.4, -0.2) is 20.9 Å². The first-order chi connectivity index (χ1) is 6.86. The van der Waals surface area contributed by atoms with Crippen molar-refractivity contribution in [2.75, 3.05) is 16.2 Å². The summed E-state index contributed by atoms with van der Waals surface area (Å²) in [4.78, 5) is 0. The summed E-state index contributed by atoms with van der Waals surface area (Å²) in [6.07, 6.45) is 2.63. The largest absolute Gasteiger partial charge is 0.241 e. The van der Waals surface area contributed by atoms with Crippen molar-refractivity contribution in [2.45, 2.75) is 6.92 Å². The van der Waals surface area contributed by atoms with Gasteiger partial charge in [0.2, 0.25) is 10.0 Å². The molecular formula is C9H12FNO2S2. The smallest absolute Gasteiger partial charge is 0.209 e. The molecule has 0 aliphatic carbocycles. The van der Waals surface area contributed by atoms with Crippen molar-refractivity contribution in [3.63, 3.8) is 0 Å². The quantitative estimate of drug-likeness (QED) is 0.770. The van der Waals surface area contributed by atoms with Crippen molar-refractivity contribution < 1.29 is 12.8 Å². The zero-order valence-corrected chi connectivity index (χ0v) is 10.3. The Bertz CT molecular complexity index is 459. The van der Waals surface area contributed by atoms with Crippen LogP contribution in [0.1, 0.15) is 5.56 Å². The van der Waals surface area contributed by atoms with E-state index in [1.807, 2.05) is 0 Å². The topological polar surface area (TPSA) is 37.4 Å². The predicted molar refractivity (Wildman–Crippen MR) is 62.0 cm³/mol. The molecule has 84 valence electrons. The van der Waals surface area contributed by atoms with Crippen LogP contribution in [0, 0.1) is 12.7 Å². The Morgan fingerprint density at radius 2 is 2.00 bits per heavy atom. The molecule has 0 spiro atoms. The number of aryl methyl sites for hydroxylation is 1. The molecule has 3 nitrogen and oxygen atoms in total. The normalized spacial score (nSPS) is 11.5.